The highest BCUT2D eigenvalue weighted by Crippen LogP contribution is 2.31. The predicted octanol–water partition coefficient (Wildman–Crippen LogP) is 3.11. The first-order chi connectivity index (χ1) is 8.31. The van der Waals surface area contributed by atoms with E-state index in [0.29, 0.717) is 11.8 Å². The minimum absolute atomic E-state index is 0.395. The number of aryl methyl sites for hydroxylation is 1. The molecule has 1 aromatic carbocycles. The molecule has 94 valence electrons. The van der Waals surface area contributed by atoms with Crippen LogP contribution in [0.25, 0.3) is 0 Å². The molecule has 0 bridgehead atoms. The highest BCUT2D eigenvalue weighted by Gasteiger charge is 2.19. The van der Waals surface area contributed by atoms with E-state index in [0.717, 1.165) is 13.0 Å². The van der Waals surface area contributed by atoms with E-state index in [1.54, 1.807) is 6.07 Å². The molecule has 1 aromatic rings. The van der Waals surface area contributed by atoms with Crippen LogP contribution in [0.5, 0.6) is 5.75 Å². The Labute approximate surface area is 108 Å². The Morgan fingerprint density at radius 1 is 1.47 bits per heavy atom. The van der Waals surface area contributed by atoms with Gasteiger partial charge in [0.05, 0.1) is 0 Å². The van der Waals surface area contributed by atoms with Crippen molar-refractivity contribution in [1.82, 2.24) is 5.32 Å². The Morgan fingerprint density at radius 3 is 3.18 bits per heavy atom. The summed E-state index contributed by atoms with van der Waals surface area (Å²) in [6.07, 6.45) is 6.92. The van der Waals surface area contributed by atoms with Crippen molar-refractivity contribution >= 4 is 11.8 Å². The van der Waals surface area contributed by atoms with E-state index >= 15 is 0 Å². The number of thioether (sulfide) groups is 1. The summed E-state index contributed by atoms with van der Waals surface area (Å²) in [7, 11) is 0. The van der Waals surface area contributed by atoms with E-state index in [-0.39, 0.29) is 0 Å². The van der Waals surface area contributed by atoms with Crippen molar-refractivity contribution in [2.75, 3.05) is 18.6 Å². The second-order valence-electron chi connectivity index (χ2n) is 4.63. The van der Waals surface area contributed by atoms with Gasteiger partial charge in [-0.15, -0.1) is 0 Å². The Bertz CT molecular complexity index is 367. The van der Waals surface area contributed by atoms with Gasteiger partial charge < -0.3 is 10.4 Å². The molecule has 2 rings (SSSR count). The summed E-state index contributed by atoms with van der Waals surface area (Å²) in [5.41, 5.74) is 2.71. The number of benzene rings is 1. The number of rotatable bonds is 5. The quantitative estimate of drug-likeness (QED) is 0.789. The third-order valence-electron chi connectivity index (χ3n) is 3.36. The highest BCUT2D eigenvalue weighted by atomic mass is 32.2. The molecule has 1 aliphatic rings. The molecular weight excluding hydrogens is 230 g/mol. The van der Waals surface area contributed by atoms with Crippen LogP contribution in [0.1, 0.15) is 36.4 Å². The number of phenolic OH excluding ortho intramolecular Hbond substituents is 1. The number of aromatic hydroxyl groups is 1. The third-order valence-corrected chi connectivity index (χ3v) is 4.05. The zero-order valence-corrected chi connectivity index (χ0v) is 11.2. The van der Waals surface area contributed by atoms with E-state index in [9.17, 15) is 5.11 Å². The lowest BCUT2D eigenvalue weighted by atomic mass is 9.87. The largest absolute Gasteiger partial charge is 0.508 e. The van der Waals surface area contributed by atoms with Gasteiger partial charge in [0.25, 0.3) is 0 Å². The second-order valence-corrected chi connectivity index (χ2v) is 5.61. The van der Waals surface area contributed by atoms with Crippen LogP contribution in [0, 0.1) is 0 Å². The van der Waals surface area contributed by atoms with Crippen LogP contribution >= 0.6 is 11.8 Å². The van der Waals surface area contributed by atoms with Crippen molar-refractivity contribution in [3.63, 3.8) is 0 Å². The Kier molecular flexibility index (Phi) is 4.75. The number of hydrogen-bond donors (Lipinski definition) is 2. The smallest absolute Gasteiger partial charge is 0.115 e. The molecule has 2 N–H and O–H groups in total. The number of phenols is 1. The van der Waals surface area contributed by atoms with Gasteiger partial charge in [-0.3, -0.25) is 0 Å². The molecule has 2 nitrogen and oxygen atoms in total. The normalized spacial score (nSPS) is 19.0. The standard InChI is InChI=1S/C14H21NOS/c1-17-9-3-8-15-14-5-2-4-11-10-12(16)6-7-13(11)14/h6-7,10,14-16H,2-5,8-9H2,1H3. The Balaban J connectivity index is 1.97. The van der Waals surface area contributed by atoms with Gasteiger partial charge in [0.1, 0.15) is 5.75 Å². The highest BCUT2D eigenvalue weighted by molar-refractivity contribution is 7.98. The SMILES string of the molecule is CSCCCNC1CCCc2cc(O)ccc21. The molecule has 17 heavy (non-hydrogen) atoms. The van der Waals surface area contributed by atoms with Crippen LogP contribution in [0.3, 0.4) is 0 Å². The molecule has 0 spiro atoms. The minimum atomic E-state index is 0.395. The van der Waals surface area contributed by atoms with Crippen molar-refractivity contribution in [3.8, 4) is 5.75 Å². The lowest BCUT2D eigenvalue weighted by Crippen LogP contribution is -2.26. The van der Waals surface area contributed by atoms with Crippen LogP contribution < -0.4 is 5.32 Å². The van der Waals surface area contributed by atoms with Crippen molar-refractivity contribution in [2.45, 2.75) is 31.7 Å². The summed E-state index contributed by atoms with van der Waals surface area (Å²) in [5.74, 6) is 1.62. The molecule has 1 unspecified atom stereocenters. The Hall–Kier alpha value is -0.670. The molecule has 1 atom stereocenters. The maximum atomic E-state index is 9.50. The third kappa shape index (κ3) is 3.39. The zero-order valence-electron chi connectivity index (χ0n) is 10.4. The molecule has 0 amide bonds. The van der Waals surface area contributed by atoms with Gasteiger partial charge in [0.15, 0.2) is 0 Å². The zero-order chi connectivity index (χ0) is 12.1. The van der Waals surface area contributed by atoms with Crippen molar-refractivity contribution < 1.29 is 5.11 Å². The predicted molar refractivity (Wildman–Crippen MR) is 74.8 cm³/mol. The molecule has 0 saturated carbocycles. The van der Waals surface area contributed by atoms with Crippen LogP contribution in [0.4, 0.5) is 0 Å². The fraction of sp³-hybridized carbons (Fsp3) is 0.571. The first kappa shape index (κ1) is 12.8. The van der Waals surface area contributed by atoms with Crippen LogP contribution in [0.15, 0.2) is 18.2 Å². The maximum Gasteiger partial charge on any atom is 0.115 e. The summed E-state index contributed by atoms with van der Waals surface area (Å²) in [4.78, 5) is 0. The molecule has 0 fully saturated rings. The van der Waals surface area contributed by atoms with Gasteiger partial charge >= 0.3 is 0 Å². The van der Waals surface area contributed by atoms with Gasteiger partial charge in [-0.1, -0.05) is 6.07 Å². The summed E-state index contributed by atoms with van der Waals surface area (Å²) in [5, 5.41) is 13.1. The fourth-order valence-electron chi connectivity index (χ4n) is 2.51. The van der Waals surface area contributed by atoms with Crippen molar-refractivity contribution in [2.24, 2.45) is 0 Å². The first-order valence-electron chi connectivity index (χ1n) is 6.35. The average molecular weight is 251 g/mol. The maximum absolute atomic E-state index is 9.50. The second kappa shape index (κ2) is 6.31. The van der Waals surface area contributed by atoms with E-state index in [2.05, 4.69) is 17.6 Å². The van der Waals surface area contributed by atoms with Gasteiger partial charge in [-0.25, -0.2) is 0 Å². The van der Waals surface area contributed by atoms with Gasteiger partial charge in [0.2, 0.25) is 0 Å². The summed E-state index contributed by atoms with van der Waals surface area (Å²) in [6.45, 7) is 1.09. The van der Waals surface area contributed by atoms with Gasteiger partial charge in [-0.05, 0) is 67.5 Å². The van der Waals surface area contributed by atoms with E-state index in [4.69, 9.17) is 0 Å². The van der Waals surface area contributed by atoms with Crippen molar-refractivity contribution in [3.05, 3.63) is 29.3 Å². The molecule has 0 saturated heterocycles. The van der Waals surface area contributed by atoms with Crippen LogP contribution in [-0.4, -0.2) is 23.7 Å². The first-order valence-corrected chi connectivity index (χ1v) is 7.75. The molecule has 0 aromatic heterocycles. The van der Waals surface area contributed by atoms with E-state index < -0.39 is 0 Å². The van der Waals surface area contributed by atoms with Crippen LogP contribution in [-0.2, 0) is 6.42 Å². The summed E-state index contributed by atoms with van der Waals surface area (Å²) < 4.78 is 0. The lowest BCUT2D eigenvalue weighted by molar-refractivity contribution is 0.451. The monoisotopic (exact) mass is 251 g/mol. The lowest BCUT2D eigenvalue weighted by Gasteiger charge is -2.26. The molecule has 1 aliphatic carbocycles. The number of nitrogens with one attached hydrogen (secondary N) is 1. The van der Waals surface area contributed by atoms with E-state index in [1.165, 1.54) is 36.1 Å². The summed E-state index contributed by atoms with van der Waals surface area (Å²) in [6, 6.07) is 6.29. The van der Waals surface area contributed by atoms with Crippen molar-refractivity contribution in [1.29, 1.82) is 0 Å². The summed E-state index contributed by atoms with van der Waals surface area (Å²) >= 11 is 1.90. The fourth-order valence-corrected chi connectivity index (χ4v) is 2.94. The topological polar surface area (TPSA) is 32.3 Å². The van der Waals surface area contributed by atoms with Gasteiger partial charge in [0, 0.05) is 6.04 Å². The molecule has 3 heteroatoms. The number of hydrogen-bond acceptors (Lipinski definition) is 3. The number of fused-ring (bicyclic) bond motifs is 1. The molecular formula is C14H21NOS. The van der Waals surface area contributed by atoms with Gasteiger partial charge in [-0.2, -0.15) is 11.8 Å². The average Bonchev–Trinajstić information content (AvgIpc) is 2.34. The molecule has 0 radical (unpaired) electrons. The van der Waals surface area contributed by atoms with E-state index in [1.807, 2.05) is 17.8 Å². The Morgan fingerprint density at radius 2 is 2.35 bits per heavy atom. The molecule has 0 aliphatic heterocycles. The minimum Gasteiger partial charge on any atom is -0.508 e. The van der Waals surface area contributed by atoms with Crippen LogP contribution in [0.2, 0.25) is 0 Å². The molecule has 0 heterocycles.